The number of carbonyl (C=O) groups is 2. The van der Waals surface area contributed by atoms with E-state index in [0.717, 1.165) is 17.0 Å². The van der Waals surface area contributed by atoms with Crippen LogP contribution in [-0.2, 0) is 0 Å². The molecule has 0 unspecified atom stereocenters. The van der Waals surface area contributed by atoms with Gasteiger partial charge >= 0.3 is 0 Å². The van der Waals surface area contributed by atoms with Crippen molar-refractivity contribution < 1.29 is 32.6 Å². The molecule has 9 nitrogen and oxygen atoms in total. The van der Waals surface area contributed by atoms with Crippen molar-refractivity contribution in [3.8, 4) is 22.9 Å². The summed E-state index contributed by atoms with van der Waals surface area (Å²) in [4.78, 5) is 32.2. The molecule has 5 rings (SSSR count). The Kier molecular flexibility index (Phi) is 5.12. The minimum absolute atomic E-state index is 0.0872. The molecule has 35 heavy (non-hydrogen) atoms. The van der Waals surface area contributed by atoms with Crippen LogP contribution in [0.15, 0.2) is 36.5 Å². The number of imide groups is 1. The highest BCUT2D eigenvalue weighted by Crippen LogP contribution is 2.43. The number of hydrogen-bond acceptors (Lipinski definition) is 7. The van der Waals surface area contributed by atoms with Gasteiger partial charge in [-0.2, -0.15) is 5.10 Å². The maximum absolute atomic E-state index is 13.8. The Morgan fingerprint density at radius 3 is 2.14 bits per heavy atom. The number of rotatable bonds is 5. The van der Waals surface area contributed by atoms with Gasteiger partial charge in [0.1, 0.15) is 0 Å². The first-order chi connectivity index (χ1) is 16.8. The number of ether oxygens (including phenoxy) is 3. The van der Waals surface area contributed by atoms with Crippen molar-refractivity contribution in [1.82, 2.24) is 14.8 Å². The normalized spacial score (nSPS) is 12.9. The van der Waals surface area contributed by atoms with Gasteiger partial charge in [0.2, 0.25) is 5.75 Å². The number of aromatic nitrogens is 3. The Hall–Kier alpha value is -4.54. The van der Waals surface area contributed by atoms with Gasteiger partial charge in [-0.05, 0) is 19.1 Å². The summed E-state index contributed by atoms with van der Waals surface area (Å²) >= 11 is 0. The van der Waals surface area contributed by atoms with Crippen LogP contribution in [-0.4, -0.2) is 47.9 Å². The number of hydrogen-bond donors (Lipinski definition) is 0. The molecular weight excluding hydrogens is 462 g/mol. The van der Waals surface area contributed by atoms with Crippen molar-refractivity contribution in [2.24, 2.45) is 0 Å². The standard InChI is InChI=1S/C24H18F2N4O5/c1-11-19-20-14(10-27-22(19)30(28-11)12-5-6-15(25)16(26)7-12)23(31)29(24(20)32)13-8-17(33-2)21(35-4)18(9-13)34-3/h5-10H,1-4H3. The summed E-state index contributed by atoms with van der Waals surface area (Å²) < 4.78 is 44.6. The lowest BCUT2D eigenvalue weighted by atomic mass is 10.1. The van der Waals surface area contributed by atoms with E-state index in [1.807, 2.05) is 0 Å². The fourth-order valence-corrected chi connectivity index (χ4v) is 4.19. The maximum atomic E-state index is 13.8. The van der Waals surface area contributed by atoms with E-state index in [1.54, 1.807) is 6.92 Å². The molecule has 0 radical (unpaired) electrons. The van der Waals surface area contributed by atoms with Gasteiger partial charge in [-0.3, -0.25) is 9.59 Å². The molecular formula is C24H18F2N4O5. The highest BCUT2D eigenvalue weighted by molar-refractivity contribution is 6.37. The van der Waals surface area contributed by atoms with Gasteiger partial charge in [-0.1, -0.05) is 0 Å². The summed E-state index contributed by atoms with van der Waals surface area (Å²) in [6.45, 7) is 1.64. The number of aryl methyl sites for hydroxylation is 1. The number of nitrogens with zero attached hydrogens (tertiary/aromatic N) is 4. The molecule has 1 aliphatic heterocycles. The minimum Gasteiger partial charge on any atom is -0.493 e. The number of benzene rings is 2. The Morgan fingerprint density at radius 2 is 1.54 bits per heavy atom. The molecule has 0 saturated heterocycles. The minimum atomic E-state index is -1.05. The van der Waals surface area contributed by atoms with Crippen LogP contribution in [0, 0.1) is 18.6 Å². The predicted octanol–water partition coefficient (Wildman–Crippen LogP) is 3.83. The van der Waals surface area contributed by atoms with E-state index in [9.17, 15) is 18.4 Å². The number of amides is 2. The number of fused-ring (bicyclic) bond motifs is 3. The van der Waals surface area contributed by atoms with Gasteiger partial charge in [0.05, 0.1) is 54.9 Å². The van der Waals surface area contributed by atoms with Gasteiger partial charge in [-0.15, -0.1) is 0 Å². The molecule has 0 N–H and O–H groups in total. The molecule has 0 atom stereocenters. The zero-order valence-corrected chi connectivity index (χ0v) is 19.1. The molecule has 2 aromatic carbocycles. The lowest BCUT2D eigenvalue weighted by Crippen LogP contribution is -2.29. The van der Waals surface area contributed by atoms with Crippen LogP contribution >= 0.6 is 0 Å². The van der Waals surface area contributed by atoms with Crippen molar-refractivity contribution in [2.45, 2.75) is 6.92 Å². The van der Waals surface area contributed by atoms with E-state index >= 15 is 0 Å². The zero-order chi connectivity index (χ0) is 25.0. The number of pyridine rings is 1. The van der Waals surface area contributed by atoms with E-state index in [-0.39, 0.29) is 39.6 Å². The molecule has 11 heteroatoms. The molecule has 0 fully saturated rings. The molecule has 0 saturated carbocycles. The Morgan fingerprint density at radius 1 is 0.857 bits per heavy atom. The van der Waals surface area contributed by atoms with E-state index in [4.69, 9.17) is 14.2 Å². The lowest BCUT2D eigenvalue weighted by Gasteiger charge is -2.18. The number of halogens is 2. The number of carbonyl (C=O) groups excluding carboxylic acids is 2. The quantitative estimate of drug-likeness (QED) is 0.401. The van der Waals surface area contributed by atoms with Crippen LogP contribution in [0.3, 0.4) is 0 Å². The van der Waals surface area contributed by atoms with Crippen LogP contribution in [0.4, 0.5) is 14.5 Å². The second-order valence-corrected chi connectivity index (χ2v) is 7.67. The van der Waals surface area contributed by atoms with Crippen LogP contribution in [0.5, 0.6) is 17.2 Å². The van der Waals surface area contributed by atoms with Crippen molar-refractivity contribution in [1.29, 1.82) is 0 Å². The van der Waals surface area contributed by atoms with Crippen molar-refractivity contribution in [2.75, 3.05) is 26.2 Å². The molecule has 0 spiro atoms. The average molecular weight is 480 g/mol. The largest absolute Gasteiger partial charge is 0.493 e. The zero-order valence-electron chi connectivity index (χ0n) is 19.1. The molecule has 0 aliphatic carbocycles. The Bertz CT molecular complexity index is 1520. The fourth-order valence-electron chi connectivity index (χ4n) is 4.19. The van der Waals surface area contributed by atoms with Crippen LogP contribution in [0.2, 0.25) is 0 Å². The summed E-state index contributed by atoms with van der Waals surface area (Å²) in [6.07, 6.45) is 1.27. The van der Waals surface area contributed by atoms with Gasteiger partial charge in [0.25, 0.3) is 11.8 Å². The number of methoxy groups -OCH3 is 3. The van der Waals surface area contributed by atoms with Crippen LogP contribution < -0.4 is 19.1 Å². The highest BCUT2D eigenvalue weighted by Gasteiger charge is 2.40. The molecule has 4 aromatic rings. The number of anilines is 1. The smallest absolute Gasteiger partial charge is 0.267 e. The predicted molar refractivity (Wildman–Crippen MR) is 121 cm³/mol. The van der Waals surface area contributed by atoms with Crippen LogP contribution in [0.1, 0.15) is 26.4 Å². The SMILES string of the molecule is COc1cc(N2C(=O)c3cnc4c(c(C)nn4-c4ccc(F)c(F)c4)c3C2=O)cc(OC)c1OC. The monoisotopic (exact) mass is 480 g/mol. The van der Waals surface area contributed by atoms with Gasteiger partial charge < -0.3 is 14.2 Å². The second-order valence-electron chi connectivity index (χ2n) is 7.67. The first kappa shape index (κ1) is 22.3. The summed E-state index contributed by atoms with van der Waals surface area (Å²) in [7, 11) is 4.29. The molecule has 178 valence electrons. The third kappa shape index (κ3) is 3.19. The molecule has 0 bridgehead atoms. The summed E-state index contributed by atoms with van der Waals surface area (Å²) in [6, 6.07) is 6.28. The Balaban J connectivity index is 1.68. The van der Waals surface area contributed by atoms with Gasteiger partial charge in [0.15, 0.2) is 28.8 Å². The molecule has 3 heterocycles. The van der Waals surface area contributed by atoms with E-state index in [1.165, 1.54) is 50.4 Å². The fraction of sp³-hybridized carbons (Fsp3) is 0.167. The molecule has 2 aromatic heterocycles. The van der Waals surface area contributed by atoms with E-state index in [0.29, 0.717) is 16.8 Å². The second kappa shape index (κ2) is 8.05. The maximum Gasteiger partial charge on any atom is 0.267 e. The third-order valence-corrected chi connectivity index (χ3v) is 5.78. The van der Waals surface area contributed by atoms with Crippen molar-refractivity contribution in [3.63, 3.8) is 0 Å². The lowest BCUT2D eigenvalue weighted by molar-refractivity contribution is 0.0926. The Labute approximate surface area is 197 Å². The van der Waals surface area contributed by atoms with Crippen LogP contribution in [0.25, 0.3) is 16.7 Å². The molecule has 2 amide bonds. The van der Waals surface area contributed by atoms with Gasteiger partial charge in [0, 0.05) is 24.4 Å². The first-order valence-corrected chi connectivity index (χ1v) is 10.3. The topological polar surface area (TPSA) is 95.8 Å². The first-order valence-electron chi connectivity index (χ1n) is 10.3. The highest BCUT2D eigenvalue weighted by atomic mass is 19.2. The third-order valence-electron chi connectivity index (χ3n) is 5.78. The summed E-state index contributed by atoms with van der Waals surface area (Å²) in [5.41, 5.74) is 1.24. The van der Waals surface area contributed by atoms with Crippen molar-refractivity contribution >= 4 is 28.5 Å². The van der Waals surface area contributed by atoms with Gasteiger partial charge in [-0.25, -0.2) is 23.3 Å². The summed E-state index contributed by atoms with van der Waals surface area (Å²) in [5.74, 6) is -2.40. The van der Waals surface area contributed by atoms with E-state index in [2.05, 4.69) is 10.1 Å². The van der Waals surface area contributed by atoms with E-state index < -0.39 is 23.4 Å². The summed E-state index contributed by atoms with van der Waals surface area (Å²) in [5, 5.41) is 4.70. The molecule has 1 aliphatic rings. The average Bonchev–Trinajstić information content (AvgIpc) is 3.33. The van der Waals surface area contributed by atoms with Crippen molar-refractivity contribution in [3.05, 3.63) is 65.0 Å².